The van der Waals surface area contributed by atoms with Gasteiger partial charge >= 0.3 is 6.18 Å². The SMILES string of the molecule is CC.CCC1CCC(Oc2ccc3cc(C=O)ccc3c2C(F)(F)F)CC1. The summed E-state index contributed by atoms with van der Waals surface area (Å²) in [5.41, 5.74) is -0.396. The molecule has 0 radical (unpaired) electrons. The number of rotatable bonds is 4. The van der Waals surface area contributed by atoms with Gasteiger partial charge in [-0.15, -0.1) is 0 Å². The molecule has 1 fully saturated rings. The number of alkyl halides is 3. The van der Waals surface area contributed by atoms with Crippen LogP contribution in [-0.2, 0) is 6.18 Å². The minimum atomic E-state index is -4.52. The first-order valence-corrected chi connectivity index (χ1v) is 9.68. The highest BCUT2D eigenvalue weighted by atomic mass is 19.4. The molecule has 2 aromatic rings. The van der Waals surface area contributed by atoms with E-state index in [2.05, 4.69) is 6.92 Å². The number of carbonyl (C=O) groups excluding carboxylic acids is 1. The van der Waals surface area contributed by atoms with Gasteiger partial charge in [-0.2, -0.15) is 13.2 Å². The molecular formula is C22H27F3O2. The van der Waals surface area contributed by atoms with Gasteiger partial charge in [0.2, 0.25) is 0 Å². The largest absolute Gasteiger partial charge is 0.490 e. The van der Waals surface area contributed by atoms with E-state index in [1.807, 2.05) is 13.8 Å². The Morgan fingerprint density at radius 2 is 1.74 bits per heavy atom. The lowest BCUT2D eigenvalue weighted by atomic mass is 9.86. The maximum Gasteiger partial charge on any atom is 0.420 e. The standard InChI is InChI=1S/C20H21F3O2.C2H6/c1-2-13-3-7-16(8-4-13)25-18-10-6-15-11-14(12-24)5-9-17(15)19(18)20(21,22)23;1-2/h5-6,9-13,16H,2-4,7-8H2,1H3;1-2H3. The molecule has 5 heteroatoms. The number of aldehydes is 1. The minimum absolute atomic E-state index is 0.0674. The van der Waals surface area contributed by atoms with Gasteiger partial charge < -0.3 is 4.74 Å². The van der Waals surface area contributed by atoms with Crippen LogP contribution in [0, 0.1) is 5.92 Å². The Kier molecular flexibility index (Phi) is 7.28. The van der Waals surface area contributed by atoms with Crippen molar-refractivity contribution in [2.45, 2.75) is 65.2 Å². The van der Waals surface area contributed by atoms with Crippen LogP contribution in [-0.4, -0.2) is 12.4 Å². The Morgan fingerprint density at radius 3 is 2.30 bits per heavy atom. The number of carbonyl (C=O) groups is 1. The molecule has 27 heavy (non-hydrogen) atoms. The van der Waals surface area contributed by atoms with Crippen LogP contribution in [0.2, 0.25) is 0 Å². The lowest BCUT2D eigenvalue weighted by molar-refractivity contribution is -0.138. The molecule has 0 spiro atoms. The van der Waals surface area contributed by atoms with Crippen LogP contribution >= 0.6 is 0 Å². The van der Waals surface area contributed by atoms with Gasteiger partial charge in [0, 0.05) is 5.56 Å². The van der Waals surface area contributed by atoms with Gasteiger partial charge in [-0.25, -0.2) is 0 Å². The summed E-state index contributed by atoms with van der Waals surface area (Å²) in [7, 11) is 0. The molecule has 1 saturated carbocycles. The zero-order valence-electron chi connectivity index (χ0n) is 16.1. The van der Waals surface area contributed by atoms with E-state index in [0.29, 0.717) is 23.2 Å². The van der Waals surface area contributed by atoms with Crippen LogP contribution in [0.1, 0.15) is 68.8 Å². The highest BCUT2D eigenvalue weighted by Crippen LogP contribution is 2.42. The Balaban J connectivity index is 0.00000126. The maximum absolute atomic E-state index is 13.7. The molecule has 0 aromatic heterocycles. The van der Waals surface area contributed by atoms with Crippen molar-refractivity contribution >= 4 is 17.1 Å². The molecule has 0 saturated heterocycles. The fourth-order valence-corrected chi connectivity index (χ4v) is 3.63. The smallest absolute Gasteiger partial charge is 0.420 e. The fraction of sp³-hybridized carbons (Fsp3) is 0.500. The lowest BCUT2D eigenvalue weighted by Gasteiger charge is -2.29. The van der Waals surface area contributed by atoms with E-state index in [-0.39, 0.29) is 17.2 Å². The Morgan fingerprint density at radius 1 is 1.07 bits per heavy atom. The van der Waals surface area contributed by atoms with Gasteiger partial charge in [-0.1, -0.05) is 45.4 Å². The van der Waals surface area contributed by atoms with Crippen LogP contribution < -0.4 is 4.74 Å². The molecule has 0 amide bonds. The Bertz CT molecular complexity index is 760. The topological polar surface area (TPSA) is 26.3 Å². The van der Waals surface area contributed by atoms with Gasteiger partial charge in [-0.3, -0.25) is 4.79 Å². The minimum Gasteiger partial charge on any atom is -0.490 e. The number of ether oxygens (including phenoxy) is 1. The summed E-state index contributed by atoms with van der Waals surface area (Å²) in [6.07, 6.45) is 0.625. The average molecular weight is 380 g/mol. The summed E-state index contributed by atoms with van der Waals surface area (Å²) in [6, 6.07) is 7.19. The molecule has 3 rings (SSSR count). The molecule has 0 bridgehead atoms. The van der Waals surface area contributed by atoms with Crippen LogP contribution in [0.5, 0.6) is 5.75 Å². The number of fused-ring (bicyclic) bond motifs is 1. The van der Waals surface area contributed by atoms with Crippen LogP contribution in [0.4, 0.5) is 13.2 Å². The predicted octanol–water partition coefficient (Wildman–Crippen LogP) is 7.04. The molecule has 148 valence electrons. The van der Waals surface area contributed by atoms with Crippen molar-refractivity contribution in [3.63, 3.8) is 0 Å². The maximum atomic E-state index is 13.7. The van der Waals surface area contributed by atoms with Crippen LogP contribution in [0.25, 0.3) is 10.8 Å². The molecule has 0 N–H and O–H groups in total. The first kappa shape index (κ1) is 21.3. The van der Waals surface area contributed by atoms with Gasteiger partial charge in [0.15, 0.2) is 0 Å². The van der Waals surface area contributed by atoms with Crippen molar-refractivity contribution in [2.75, 3.05) is 0 Å². The van der Waals surface area contributed by atoms with E-state index in [4.69, 9.17) is 4.74 Å². The molecule has 0 unspecified atom stereocenters. The summed E-state index contributed by atoms with van der Waals surface area (Å²) in [4.78, 5) is 10.9. The van der Waals surface area contributed by atoms with Crippen molar-refractivity contribution in [1.82, 2.24) is 0 Å². The third kappa shape index (κ3) is 5.02. The molecule has 2 nitrogen and oxygen atoms in total. The van der Waals surface area contributed by atoms with E-state index >= 15 is 0 Å². The molecule has 0 heterocycles. The van der Waals surface area contributed by atoms with E-state index in [1.165, 1.54) is 24.3 Å². The number of benzene rings is 2. The normalized spacial score (nSPS) is 19.9. The number of hydrogen-bond donors (Lipinski definition) is 0. The van der Waals surface area contributed by atoms with E-state index in [9.17, 15) is 18.0 Å². The van der Waals surface area contributed by atoms with Crippen molar-refractivity contribution in [3.8, 4) is 5.75 Å². The van der Waals surface area contributed by atoms with Crippen molar-refractivity contribution in [1.29, 1.82) is 0 Å². The van der Waals surface area contributed by atoms with Gasteiger partial charge in [-0.05, 0) is 54.5 Å². The van der Waals surface area contributed by atoms with Crippen LogP contribution in [0.15, 0.2) is 30.3 Å². The summed E-state index contributed by atoms with van der Waals surface area (Å²) in [6.45, 7) is 6.14. The second-order valence-corrected chi connectivity index (χ2v) is 6.70. The first-order chi connectivity index (χ1) is 12.9. The zero-order chi connectivity index (χ0) is 20.0. The number of halogens is 3. The predicted molar refractivity (Wildman–Crippen MR) is 102 cm³/mol. The monoisotopic (exact) mass is 380 g/mol. The number of hydrogen-bond acceptors (Lipinski definition) is 2. The van der Waals surface area contributed by atoms with E-state index in [1.54, 1.807) is 6.07 Å². The van der Waals surface area contributed by atoms with E-state index < -0.39 is 11.7 Å². The molecular weight excluding hydrogens is 353 g/mol. The first-order valence-electron chi connectivity index (χ1n) is 9.68. The lowest BCUT2D eigenvalue weighted by Crippen LogP contribution is -2.25. The average Bonchev–Trinajstić information content (AvgIpc) is 2.68. The second kappa shape index (κ2) is 9.25. The summed E-state index contributed by atoms with van der Waals surface area (Å²) in [5, 5.41) is 0.455. The molecule has 0 aliphatic heterocycles. The highest BCUT2D eigenvalue weighted by molar-refractivity contribution is 5.92. The molecule has 2 aromatic carbocycles. The third-order valence-electron chi connectivity index (χ3n) is 5.09. The summed E-state index contributed by atoms with van der Waals surface area (Å²) >= 11 is 0. The highest BCUT2D eigenvalue weighted by Gasteiger charge is 2.37. The molecule has 0 atom stereocenters. The van der Waals surface area contributed by atoms with Crippen molar-refractivity contribution < 1.29 is 22.7 Å². The molecule has 1 aliphatic carbocycles. The van der Waals surface area contributed by atoms with Crippen molar-refractivity contribution in [3.05, 3.63) is 41.5 Å². The zero-order valence-corrected chi connectivity index (χ0v) is 16.1. The van der Waals surface area contributed by atoms with E-state index in [0.717, 1.165) is 32.1 Å². The third-order valence-corrected chi connectivity index (χ3v) is 5.09. The quantitative estimate of drug-likeness (QED) is 0.532. The van der Waals surface area contributed by atoms with Crippen LogP contribution in [0.3, 0.4) is 0 Å². The summed E-state index contributed by atoms with van der Waals surface area (Å²) in [5.74, 6) is 0.541. The Hall–Kier alpha value is -2.04. The van der Waals surface area contributed by atoms with Gasteiger partial charge in [0.25, 0.3) is 0 Å². The second-order valence-electron chi connectivity index (χ2n) is 6.70. The molecule has 1 aliphatic rings. The van der Waals surface area contributed by atoms with Gasteiger partial charge in [0.05, 0.1) is 6.10 Å². The fourth-order valence-electron chi connectivity index (χ4n) is 3.63. The van der Waals surface area contributed by atoms with Gasteiger partial charge in [0.1, 0.15) is 17.6 Å². The Labute approximate surface area is 158 Å². The van der Waals surface area contributed by atoms with Crippen molar-refractivity contribution in [2.24, 2.45) is 5.92 Å². The summed E-state index contributed by atoms with van der Waals surface area (Å²) < 4.78 is 46.8.